The van der Waals surface area contributed by atoms with E-state index in [0.717, 1.165) is 16.8 Å². The van der Waals surface area contributed by atoms with Crippen LogP contribution >= 0.6 is 0 Å². The molecule has 0 atom stereocenters. The zero-order valence-corrected chi connectivity index (χ0v) is 11.0. The van der Waals surface area contributed by atoms with E-state index >= 15 is 0 Å². The SMILES string of the molecule is CCCC[N+](C)(CCCC)Cc1ccco1. The van der Waals surface area contributed by atoms with Crippen LogP contribution in [0.2, 0.25) is 0 Å². The molecule has 0 aliphatic heterocycles. The lowest BCUT2D eigenvalue weighted by molar-refractivity contribution is -0.923. The highest BCUT2D eigenvalue weighted by atomic mass is 16.3. The van der Waals surface area contributed by atoms with Crippen molar-refractivity contribution in [3.05, 3.63) is 24.2 Å². The molecule has 92 valence electrons. The largest absolute Gasteiger partial charge is 0.463 e. The molecule has 1 aromatic rings. The first-order chi connectivity index (χ1) is 7.70. The first-order valence-electron chi connectivity index (χ1n) is 6.56. The van der Waals surface area contributed by atoms with Gasteiger partial charge in [0.25, 0.3) is 0 Å². The Morgan fingerprint density at radius 2 is 1.75 bits per heavy atom. The van der Waals surface area contributed by atoms with Crippen molar-refractivity contribution in [3.8, 4) is 0 Å². The fourth-order valence-electron chi connectivity index (χ4n) is 2.13. The molecule has 2 heteroatoms. The summed E-state index contributed by atoms with van der Waals surface area (Å²) in [4.78, 5) is 0. The van der Waals surface area contributed by atoms with Gasteiger partial charge in [0.2, 0.25) is 0 Å². The molecule has 0 aliphatic rings. The van der Waals surface area contributed by atoms with Crippen molar-refractivity contribution < 1.29 is 8.90 Å². The zero-order chi connectivity index (χ0) is 11.9. The maximum atomic E-state index is 5.47. The summed E-state index contributed by atoms with van der Waals surface area (Å²) in [6, 6.07) is 4.08. The molecule has 0 radical (unpaired) electrons. The highest BCUT2D eigenvalue weighted by Crippen LogP contribution is 2.15. The molecule has 0 saturated heterocycles. The summed E-state index contributed by atoms with van der Waals surface area (Å²) in [5, 5.41) is 0. The van der Waals surface area contributed by atoms with E-state index in [1.54, 1.807) is 6.26 Å². The van der Waals surface area contributed by atoms with Crippen LogP contribution in [-0.2, 0) is 6.54 Å². The van der Waals surface area contributed by atoms with Gasteiger partial charge in [0.1, 0.15) is 6.54 Å². The molecule has 0 saturated carbocycles. The maximum absolute atomic E-state index is 5.47. The molecular weight excluding hydrogens is 198 g/mol. The van der Waals surface area contributed by atoms with E-state index in [1.165, 1.54) is 38.8 Å². The first-order valence-corrected chi connectivity index (χ1v) is 6.56. The number of furan rings is 1. The molecule has 0 spiro atoms. The van der Waals surface area contributed by atoms with Crippen molar-refractivity contribution >= 4 is 0 Å². The third-order valence-corrected chi connectivity index (χ3v) is 3.22. The molecule has 16 heavy (non-hydrogen) atoms. The van der Waals surface area contributed by atoms with Gasteiger partial charge in [0.05, 0.1) is 26.4 Å². The van der Waals surface area contributed by atoms with Crippen LogP contribution in [0.5, 0.6) is 0 Å². The van der Waals surface area contributed by atoms with E-state index in [1.807, 2.05) is 6.07 Å². The third-order valence-electron chi connectivity index (χ3n) is 3.22. The Morgan fingerprint density at radius 3 is 2.19 bits per heavy atom. The summed E-state index contributed by atoms with van der Waals surface area (Å²) >= 11 is 0. The van der Waals surface area contributed by atoms with E-state index in [-0.39, 0.29) is 0 Å². The Labute approximate surface area is 99.8 Å². The Hall–Kier alpha value is -0.760. The van der Waals surface area contributed by atoms with Gasteiger partial charge in [0, 0.05) is 0 Å². The number of unbranched alkanes of at least 4 members (excludes halogenated alkanes) is 2. The van der Waals surface area contributed by atoms with Crippen LogP contribution in [0.15, 0.2) is 22.8 Å². The molecule has 0 fully saturated rings. The minimum atomic E-state index is 1.03. The topological polar surface area (TPSA) is 13.1 Å². The van der Waals surface area contributed by atoms with Crippen LogP contribution in [0, 0.1) is 0 Å². The maximum Gasteiger partial charge on any atom is 0.158 e. The predicted molar refractivity (Wildman–Crippen MR) is 68.1 cm³/mol. The Morgan fingerprint density at radius 1 is 1.12 bits per heavy atom. The zero-order valence-electron chi connectivity index (χ0n) is 11.0. The molecule has 0 N–H and O–H groups in total. The Bertz CT molecular complexity index is 258. The van der Waals surface area contributed by atoms with Crippen molar-refractivity contribution in [2.45, 2.75) is 46.1 Å². The number of nitrogens with zero attached hydrogens (tertiary/aromatic N) is 1. The molecule has 1 heterocycles. The molecule has 1 aromatic heterocycles. The number of rotatable bonds is 8. The molecule has 1 rings (SSSR count). The first kappa shape index (κ1) is 13.3. The quantitative estimate of drug-likeness (QED) is 0.612. The summed E-state index contributed by atoms with van der Waals surface area (Å²) in [7, 11) is 2.36. The van der Waals surface area contributed by atoms with Crippen molar-refractivity contribution in [1.29, 1.82) is 0 Å². The summed E-state index contributed by atoms with van der Waals surface area (Å²) in [5.41, 5.74) is 0. The van der Waals surface area contributed by atoms with E-state index in [2.05, 4.69) is 27.0 Å². The van der Waals surface area contributed by atoms with E-state index in [4.69, 9.17) is 4.42 Å². The number of quaternary nitrogens is 1. The molecule has 0 aromatic carbocycles. The second-order valence-electron chi connectivity index (χ2n) is 5.01. The smallest absolute Gasteiger partial charge is 0.158 e. The van der Waals surface area contributed by atoms with E-state index in [9.17, 15) is 0 Å². The third kappa shape index (κ3) is 4.40. The van der Waals surface area contributed by atoms with Crippen LogP contribution in [0.4, 0.5) is 0 Å². The summed E-state index contributed by atoms with van der Waals surface area (Å²) in [5.74, 6) is 1.12. The van der Waals surface area contributed by atoms with Gasteiger partial charge < -0.3 is 8.90 Å². The second-order valence-corrected chi connectivity index (χ2v) is 5.01. The monoisotopic (exact) mass is 224 g/mol. The lowest BCUT2D eigenvalue weighted by Gasteiger charge is -2.33. The van der Waals surface area contributed by atoms with Gasteiger partial charge in [-0.1, -0.05) is 26.7 Å². The summed E-state index contributed by atoms with van der Waals surface area (Å²) in [6.45, 7) is 8.08. The standard InChI is InChI=1S/C14H26NO/c1-4-6-10-15(3,11-7-5-2)13-14-9-8-12-16-14/h8-9,12H,4-7,10-11,13H2,1-3H3/q+1. The Balaban J connectivity index is 2.54. The fraction of sp³-hybridized carbons (Fsp3) is 0.714. The minimum absolute atomic E-state index is 1.03. The molecule has 2 nitrogen and oxygen atoms in total. The lowest BCUT2D eigenvalue weighted by Crippen LogP contribution is -2.44. The highest BCUT2D eigenvalue weighted by molar-refractivity contribution is 4.96. The normalized spacial score (nSPS) is 11.9. The molecule has 0 bridgehead atoms. The van der Waals surface area contributed by atoms with Gasteiger partial charge in [-0.3, -0.25) is 0 Å². The number of hydrogen-bond acceptors (Lipinski definition) is 1. The van der Waals surface area contributed by atoms with Gasteiger partial charge in [-0.25, -0.2) is 0 Å². The van der Waals surface area contributed by atoms with Gasteiger partial charge in [-0.05, 0) is 25.0 Å². The van der Waals surface area contributed by atoms with Gasteiger partial charge >= 0.3 is 0 Å². The van der Waals surface area contributed by atoms with E-state index < -0.39 is 0 Å². The van der Waals surface area contributed by atoms with Crippen molar-refractivity contribution in [2.24, 2.45) is 0 Å². The average Bonchev–Trinajstić information content (AvgIpc) is 2.76. The summed E-state index contributed by atoms with van der Waals surface area (Å²) in [6.07, 6.45) is 6.94. The van der Waals surface area contributed by atoms with Gasteiger partial charge in [0.15, 0.2) is 5.76 Å². The summed E-state index contributed by atoms with van der Waals surface area (Å²) < 4.78 is 6.59. The van der Waals surface area contributed by atoms with E-state index in [0.29, 0.717) is 0 Å². The van der Waals surface area contributed by atoms with Gasteiger partial charge in [-0.2, -0.15) is 0 Å². The fourth-order valence-corrected chi connectivity index (χ4v) is 2.13. The van der Waals surface area contributed by atoms with Crippen molar-refractivity contribution in [2.75, 3.05) is 20.1 Å². The molecule has 0 aliphatic carbocycles. The second kappa shape index (κ2) is 6.74. The molecular formula is C14H26NO+. The van der Waals surface area contributed by atoms with Gasteiger partial charge in [-0.15, -0.1) is 0 Å². The molecule has 0 amide bonds. The minimum Gasteiger partial charge on any atom is -0.463 e. The van der Waals surface area contributed by atoms with Crippen LogP contribution in [0.3, 0.4) is 0 Å². The van der Waals surface area contributed by atoms with Crippen molar-refractivity contribution in [1.82, 2.24) is 0 Å². The predicted octanol–water partition coefficient (Wildman–Crippen LogP) is 3.83. The average molecular weight is 224 g/mol. The van der Waals surface area contributed by atoms with Crippen LogP contribution < -0.4 is 0 Å². The van der Waals surface area contributed by atoms with Crippen LogP contribution in [0.1, 0.15) is 45.3 Å². The Kier molecular flexibility index (Phi) is 5.61. The highest BCUT2D eigenvalue weighted by Gasteiger charge is 2.22. The van der Waals surface area contributed by atoms with Crippen molar-refractivity contribution in [3.63, 3.8) is 0 Å². The lowest BCUT2D eigenvalue weighted by atomic mass is 10.2. The number of hydrogen-bond donors (Lipinski definition) is 0. The van der Waals surface area contributed by atoms with Crippen LogP contribution in [-0.4, -0.2) is 24.6 Å². The molecule has 0 unspecified atom stereocenters. The van der Waals surface area contributed by atoms with Crippen LogP contribution in [0.25, 0.3) is 0 Å².